The van der Waals surface area contributed by atoms with Gasteiger partial charge in [-0.05, 0) is 42.7 Å². The summed E-state index contributed by atoms with van der Waals surface area (Å²) < 4.78 is 6.02. The SMILES string of the molecule is Cc1cc(CN2Cc3ccccc3N3CCN(Cc4ccccc4)CC3C2)oc1C. The van der Waals surface area contributed by atoms with E-state index in [4.69, 9.17) is 4.42 Å². The zero-order valence-corrected chi connectivity index (χ0v) is 18.1. The first kappa shape index (κ1) is 19.4. The molecule has 2 aliphatic rings. The number of benzene rings is 2. The Kier molecular flexibility index (Phi) is 5.36. The summed E-state index contributed by atoms with van der Waals surface area (Å²) >= 11 is 0. The molecule has 1 fully saturated rings. The third-order valence-corrected chi connectivity index (χ3v) is 6.58. The molecule has 30 heavy (non-hydrogen) atoms. The maximum absolute atomic E-state index is 6.02. The zero-order valence-electron chi connectivity index (χ0n) is 18.1. The van der Waals surface area contributed by atoms with Crippen molar-refractivity contribution in [3.63, 3.8) is 0 Å². The molecule has 2 aliphatic heterocycles. The second kappa shape index (κ2) is 8.29. The van der Waals surface area contributed by atoms with Crippen LogP contribution in [0.25, 0.3) is 0 Å². The van der Waals surface area contributed by atoms with Gasteiger partial charge in [-0.15, -0.1) is 0 Å². The molecule has 4 nitrogen and oxygen atoms in total. The van der Waals surface area contributed by atoms with E-state index in [1.165, 1.54) is 22.4 Å². The summed E-state index contributed by atoms with van der Waals surface area (Å²) in [6.07, 6.45) is 0. The highest BCUT2D eigenvalue weighted by Crippen LogP contribution is 2.31. The Bertz CT molecular complexity index is 977. The van der Waals surface area contributed by atoms with Gasteiger partial charge in [0.25, 0.3) is 0 Å². The number of hydrogen-bond donors (Lipinski definition) is 0. The lowest BCUT2D eigenvalue weighted by molar-refractivity contribution is 0.166. The fourth-order valence-corrected chi connectivity index (χ4v) is 4.97. The molecule has 0 spiro atoms. The molecule has 0 saturated carbocycles. The highest BCUT2D eigenvalue weighted by Gasteiger charge is 2.33. The van der Waals surface area contributed by atoms with E-state index < -0.39 is 0 Å². The molecule has 1 unspecified atom stereocenters. The molecule has 0 amide bonds. The number of hydrogen-bond acceptors (Lipinski definition) is 4. The van der Waals surface area contributed by atoms with Crippen LogP contribution >= 0.6 is 0 Å². The minimum Gasteiger partial charge on any atom is -0.465 e. The lowest BCUT2D eigenvalue weighted by atomic mass is 10.1. The van der Waals surface area contributed by atoms with Crippen LogP contribution in [-0.2, 0) is 19.6 Å². The van der Waals surface area contributed by atoms with Crippen LogP contribution in [-0.4, -0.2) is 42.0 Å². The summed E-state index contributed by atoms with van der Waals surface area (Å²) in [5.74, 6) is 2.11. The molecule has 0 N–H and O–H groups in total. The van der Waals surface area contributed by atoms with Crippen LogP contribution in [0.2, 0.25) is 0 Å². The first-order valence-electron chi connectivity index (χ1n) is 11.0. The van der Waals surface area contributed by atoms with E-state index in [9.17, 15) is 0 Å². The van der Waals surface area contributed by atoms with E-state index in [0.29, 0.717) is 6.04 Å². The summed E-state index contributed by atoms with van der Waals surface area (Å²) in [4.78, 5) is 7.83. The second-order valence-electron chi connectivity index (χ2n) is 8.82. The second-order valence-corrected chi connectivity index (χ2v) is 8.82. The van der Waals surface area contributed by atoms with Crippen LogP contribution in [0.4, 0.5) is 5.69 Å². The van der Waals surface area contributed by atoms with Crippen LogP contribution in [0.3, 0.4) is 0 Å². The van der Waals surface area contributed by atoms with Crippen molar-refractivity contribution in [1.29, 1.82) is 0 Å². The Morgan fingerprint density at radius 1 is 0.867 bits per heavy atom. The van der Waals surface area contributed by atoms with Gasteiger partial charge in [-0.2, -0.15) is 0 Å². The summed E-state index contributed by atoms with van der Waals surface area (Å²) in [7, 11) is 0. The molecule has 1 aromatic heterocycles. The fraction of sp³-hybridized carbons (Fsp3) is 0.385. The normalized spacial score (nSPS) is 19.9. The maximum Gasteiger partial charge on any atom is 0.118 e. The molecule has 1 saturated heterocycles. The average molecular weight is 402 g/mol. The van der Waals surface area contributed by atoms with Crippen molar-refractivity contribution in [1.82, 2.24) is 9.80 Å². The van der Waals surface area contributed by atoms with Gasteiger partial charge in [0.05, 0.1) is 12.6 Å². The van der Waals surface area contributed by atoms with E-state index >= 15 is 0 Å². The lowest BCUT2D eigenvalue weighted by Crippen LogP contribution is -2.55. The maximum atomic E-state index is 6.02. The number of aryl methyl sites for hydroxylation is 2. The zero-order chi connectivity index (χ0) is 20.5. The molecule has 3 heterocycles. The van der Waals surface area contributed by atoms with Gasteiger partial charge in [0.2, 0.25) is 0 Å². The number of fused-ring (bicyclic) bond motifs is 3. The van der Waals surface area contributed by atoms with Crippen LogP contribution in [0.1, 0.15) is 28.2 Å². The van der Waals surface area contributed by atoms with Crippen molar-refractivity contribution in [2.45, 2.75) is 39.5 Å². The van der Waals surface area contributed by atoms with Gasteiger partial charge >= 0.3 is 0 Å². The number of furan rings is 1. The monoisotopic (exact) mass is 401 g/mol. The fourth-order valence-electron chi connectivity index (χ4n) is 4.97. The number of para-hydroxylation sites is 1. The Labute approximate surface area is 179 Å². The van der Waals surface area contributed by atoms with E-state index in [-0.39, 0.29) is 0 Å². The van der Waals surface area contributed by atoms with Crippen LogP contribution < -0.4 is 4.90 Å². The topological polar surface area (TPSA) is 22.9 Å². The van der Waals surface area contributed by atoms with Gasteiger partial charge in [0, 0.05) is 45.0 Å². The summed E-state index contributed by atoms with van der Waals surface area (Å²) in [5.41, 5.74) is 5.49. The molecule has 0 radical (unpaired) electrons. The van der Waals surface area contributed by atoms with Crippen molar-refractivity contribution in [3.8, 4) is 0 Å². The highest BCUT2D eigenvalue weighted by atomic mass is 16.3. The van der Waals surface area contributed by atoms with E-state index in [0.717, 1.165) is 57.3 Å². The third-order valence-electron chi connectivity index (χ3n) is 6.58. The molecule has 156 valence electrons. The molecule has 0 aliphatic carbocycles. The van der Waals surface area contributed by atoms with Crippen molar-refractivity contribution in [3.05, 3.63) is 88.9 Å². The Morgan fingerprint density at radius 3 is 2.43 bits per heavy atom. The Morgan fingerprint density at radius 2 is 1.63 bits per heavy atom. The minimum absolute atomic E-state index is 0.489. The average Bonchev–Trinajstić information content (AvgIpc) is 2.97. The molecule has 0 bridgehead atoms. The quantitative estimate of drug-likeness (QED) is 0.637. The van der Waals surface area contributed by atoms with E-state index in [1.54, 1.807) is 0 Å². The van der Waals surface area contributed by atoms with Crippen molar-refractivity contribution in [2.75, 3.05) is 31.1 Å². The lowest BCUT2D eigenvalue weighted by Gasteiger charge is -2.43. The van der Waals surface area contributed by atoms with Gasteiger partial charge < -0.3 is 9.32 Å². The molecular formula is C26H31N3O. The Balaban J connectivity index is 1.37. The van der Waals surface area contributed by atoms with E-state index in [1.807, 2.05) is 0 Å². The first-order valence-corrected chi connectivity index (χ1v) is 11.0. The van der Waals surface area contributed by atoms with Crippen molar-refractivity contribution < 1.29 is 4.42 Å². The van der Waals surface area contributed by atoms with Crippen LogP contribution in [0.15, 0.2) is 65.1 Å². The number of piperazine rings is 1. The smallest absolute Gasteiger partial charge is 0.118 e. The summed E-state index contributed by atoms with van der Waals surface area (Å²) in [6, 6.07) is 22.5. The van der Waals surface area contributed by atoms with E-state index in [2.05, 4.69) is 89.2 Å². The molecule has 4 heteroatoms. The van der Waals surface area contributed by atoms with Gasteiger partial charge in [-0.1, -0.05) is 48.5 Å². The van der Waals surface area contributed by atoms with Crippen LogP contribution in [0.5, 0.6) is 0 Å². The first-order chi connectivity index (χ1) is 14.7. The van der Waals surface area contributed by atoms with Gasteiger partial charge in [0.1, 0.15) is 11.5 Å². The molecule has 1 atom stereocenters. The van der Waals surface area contributed by atoms with Crippen molar-refractivity contribution >= 4 is 5.69 Å². The molecule has 3 aromatic rings. The highest BCUT2D eigenvalue weighted by molar-refractivity contribution is 5.56. The number of rotatable bonds is 4. The summed E-state index contributed by atoms with van der Waals surface area (Å²) in [5, 5.41) is 0. The van der Waals surface area contributed by atoms with Gasteiger partial charge in [-0.25, -0.2) is 0 Å². The standard InChI is InChI=1S/C26H31N3O/c1-20-14-25(30-21(20)2)19-28-16-23-10-6-7-11-26(23)29-13-12-27(17-24(29)18-28)15-22-8-4-3-5-9-22/h3-11,14,24H,12-13,15-19H2,1-2H3. The molecule has 2 aromatic carbocycles. The number of nitrogens with zero attached hydrogens (tertiary/aromatic N) is 3. The summed E-state index contributed by atoms with van der Waals surface area (Å²) in [6.45, 7) is 11.4. The van der Waals surface area contributed by atoms with Gasteiger partial charge in [0.15, 0.2) is 0 Å². The predicted molar refractivity (Wildman–Crippen MR) is 122 cm³/mol. The predicted octanol–water partition coefficient (Wildman–Crippen LogP) is 4.60. The largest absolute Gasteiger partial charge is 0.465 e. The van der Waals surface area contributed by atoms with Gasteiger partial charge in [-0.3, -0.25) is 9.80 Å². The number of anilines is 1. The molecular weight excluding hydrogens is 370 g/mol. The minimum atomic E-state index is 0.489. The third kappa shape index (κ3) is 4.03. The van der Waals surface area contributed by atoms with Crippen molar-refractivity contribution in [2.24, 2.45) is 0 Å². The Hall–Kier alpha value is -2.56. The van der Waals surface area contributed by atoms with Crippen LogP contribution in [0, 0.1) is 13.8 Å². The molecule has 5 rings (SSSR count).